The molecule has 1 aromatic rings. The van der Waals surface area contributed by atoms with Gasteiger partial charge in [-0.15, -0.1) is 0 Å². The normalized spacial score (nSPS) is 12.2. The molecule has 88 valence electrons. The van der Waals surface area contributed by atoms with Crippen LogP contribution in [0, 0.1) is 5.82 Å². The number of hydrogen-bond acceptors (Lipinski definition) is 4. The Balaban J connectivity index is 3.00. The fourth-order valence-electron chi connectivity index (χ4n) is 1.23. The van der Waals surface area contributed by atoms with Gasteiger partial charge in [0.1, 0.15) is 11.9 Å². The van der Waals surface area contributed by atoms with E-state index in [1.165, 1.54) is 13.2 Å². The summed E-state index contributed by atoms with van der Waals surface area (Å²) in [4.78, 5) is 10.5. The molecule has 16 heavy (non-hydrogen) atoms. The third-order valence-corrected chi connectivity index (χ3v) is 2.10. The molecule has 5 nitrogen and oxygen atoms in total. The zero-order valence-corrected chi connectivity index (χ0v) is 8.61. The molecule has 0 aliphatic rings. The van der Waals surface area contributed by atoms with Crippen LogP contribution < -0.4 is 10.5 Å². The Morgan fingerprint density at radius 1 is 1.62 bits per heavy atom. The lowest BCUT2D eigenvalue weighted by Crippen LogP contribution is -2.32. The first-order chi connectivity index (χ1) is 7.45. The van der Waals surface area contributed by atoms with Crippen LogP contribution in [0.5, 0.6) is 11.5 Å². The second kappa shape index (κ2) is 4.80. The number of methoxy groups -OCH3 is 1. The summed E-state index contributed by atoms with van der Waals surface area (Å²) in [6, 6.07) is 0.902. The van der Waals surface area contributed by atoms with Crippen LogP contribution in [-0.4, -0.2) is 29.3 Å². The van der Waals surface area contributed by atoms with Gasteiger partial charge in [0.15, 0.2) is 11.5 Å². The predicted molar refractivity (Wildman–Crippen MR) is 53.9 cm³/mol. The number of hydrogen-bond donors (Lipinski definition) is 3. The van der Waals surface area contributed by atoms with Crippen LogP contribution in [0.2, 0.25) is 0 Å². The lowest BCUT2D eigenvalue weighted by molar-refractivity contribution is -0.138. The van der Waals surface area contributed by atoms with E-state index in [2.05, 4.69) is 0 Å². The van der Waals surface area contributed by atoms with Gasteiger partial charge < -0.3 is 20.7 Å². The number of phenolic OH excluding ortho intramolecular Hbond substituents is 1. The Kier molecular flexibility index (Phi) is 3.68. The molecule has 0 aliphatic carbocycles. The minimum absolute atomic E-state index is 0.0778. The molecular formula is C10H12FNO4. The molecule has 1 aromatic carbocycles. The number of aliphatic carboxylic acids is 1. The average molecular weight is 228 g/mol. The molecule has 0 saturated heterocycles. The number of aromatic hydroxyl groups is 1. The number of nitrogens with two attached hydrogens (primary N) is 1. The summed E-state index contributed by atoms with van der Waals surface area (Å²) in [5.41, 5.74) is 5.36. The predicted octanol–water partition coefficient (Wildman–Crippen LogP) is 0.494. The monoisotopic (exact) mass is 228 g/mol. The number of rotatable bonds is 4. The van der Waals surface area contributed by atoms with Crippen molar-refractivity contribution in [3.05, 3.63) is 23.5 Å². The maximum atomic E-state index is 13.3. The van der Waals surface area contributed by atoms with Gasteiger partial charge in [0.05, 0.1) is 7.11 Å². The molecule has 0 saturated carbocycles. The highest BCUT2D eigenvalue weighted by Gasteiger charge is 2.17. The molecule has 0 aliphatic heterocycles. The molecule has 4 N–H and O–H groups in total. The highest BCUT2D eigenvalue weighted by Crippen LogP contribution is 2.29. The summed E-state index contributed by atoms with van der Waals surface area (Å²) in [6.07, 6.45) is -0.169. The molecule has 6 heteroatoms. The highest BCUT2D eigenvalue weighted by atomic mass is 18.2. The van der Waals surface area contributed by atoms with Crippen molar-refractivity contribution < 1.29 is 24.1 Å². The van der Waals surface area contributed by atoms with Crippen LogP contribution in [0.1, 0.15) is 5.56 Å². The van der Waals surface area contributed by atoms with E-state index in [9.17, 15) is 14.3 Å². The number of halogens is 1. The first-order valence-electron chi connectivity index (χ1n) is 4.49. The van der Waals surface area contributed by atoms with E-state index in [1.807, 2.05) is 0 Å². The molecule has 0 fully saturated rings. The van der Waals surface area contributed by atoms with E-state index < -0.39 is 17.8 Å². The van der Waals surface area contributed by atoms with Crippen LogP contribution in [0.15, 0.2) is 12.1 Å². The third-order valence-electron chi connectivity index (χ3n) is 2.10. The van der Waals surface area contributed by atoms with Gasteiger partial charge in [-0.25, -0.2) is 4.39 Å². The van der Waals surface area contributed by atoms with Crippen molar-refractivity contribution in [3.8, 4) is 11.5 Å². The number of carboxylic acids is 1. The van der Waals surface area contributed by atoms with Gasteiger partial charge in [-0.3, -0.25) is 4.79 Å². The van der Waals surface area contributed by atoms with Crippen molar-refractivity contribution in [2.45, 2.75) is 12.5 Å². The minimum atomic E-state index is -1.22. The molecule has 0 bridgehead atoms. The molecule has 0 heterocycles. The first-order valence-corrected chi connectivity index (χ1v) is 4.49. The van der Waals surface area contributed by atoms with Crippen LogP contribution in [0.4, 0.5) is 4.39 Å². The SMILES string of the molecule is COc1cc(CC(N)C(=O)O)c([18F])cc1O. The molecule has 0 spiro atoms. The molecular weight excluding hydrogens is 216 g/mol. The van der Waals surface area contributed by atoms with E-state index in [0.29, 0.717) is 0 Å². The van der Waals surface area contributed by atoms with Gasteiger partial charge in [-0.05, 0) is 11.6 Å². The lowest BCUT2D eigenvalue weighted by Gasteiger charge is -2.10. The zero-order chi connectivity index (χ0) is 12.3. The average Bonchev–Trinajstić information content (AvgIpc) is 2.21. The molecule has 0 amide bonds. The van der Waals surface area contributed by atoms with Crippen molar-refractivity contribution in [3.63, 3.8) is 0 Å². The van der Waals surface area contributed by atoms with Gasteiger partial charge in [0.2, 0.25) is 0 Å². The van der Waals surface area contributed by atoms with E-state index in [4.69, 9.17) is 15.6 Å². The Labute approximate surface area is 91.3 Å². The first kappa shape index (κ1) is 12.3. The van der Waals surface area contributed by atoms with E-state index >= 15 is 0 Å². The van der Waals surface area contributed by atoms with E-state index in [-0.39, 0.29) is 23.5 Å². The van der Waals surface area contributed by atoms with Crippen molar-refractivity contribution in [1.29, 1.82) is 0 Å². The third kappa shape index (κ3) is 2.60. The maximum Gasteiger partial charge on any atom is 0.320 e. The second-order valence-corrected chi connectivity index (χ2v) is 3.26. The summed E-state index contributed by atoms with van der Waals surface area (Å²) in [5, 5.41) is 17.8. The summed E-state index contributed by atoms with van der Waals surface area (Å²) in [6.45, 7) is 0. The Morgan fingerprint density at radius 3 is 2.75 bits per heavy atom. The lowest BCUT2D eigenvalue weighted by atomic mass is 10.1. The van der Waals surface area contributed by atoms with Gasteiger partial charge in [-0.1, -0.05) is 0 Å². The van der Waals surface area contributed by atoms with Crippen molar-refractivity contribution in [2.75, 3.05) is 7.11 Å². The fourth-order valence-corrected chi connectivity index (χ4v) is 1.23. The topological polar surface area (TPSA) is 92.8 Å². The number of carbonyl (C=O) groups is 1. The number of benzene rings is 1. The molecule has 1 unspecified atom stereocenters. The van der Waals surface area contributed by atoms with Crippen LogP contribution in [0.25, 0.3) is 0 Å². The summed E-state index contributed by atoms with van der Waals surface area (Å²) in [5.74, 6) is -2.19. The molecule has 0 radical (unpaired) electrons. The summed E-state index contributed by atoms with van der Waals surface area (Å²) < 4.78 is 18.1. The summed E-state index contributed by atoms with van der Waals surface area (Å²) in [7, 11) is 1.31. The largest absolute Gasteiger partial charge is 0.504 e. The maximum absolute atomic E-state index is 13.3. The molecule has 1 rings (SSSR count). The summed E-state index contributed by atoms with van der Waals surface area (Å²) >= 11 is 0. The van der Waals surface area contributed by atoms with Crippen LogP contribution in [0.3, 0.4) is 0 Å². The van der Waals surface area contributed by atoms with Gasteiger partial charge in [0.25, 0.3) is 0 Å². The molecule has 0 aromatic heterocycles. The van der Waals surface area contributed by atoms with Crippen molar-refractivity contribution >= 4 is 5.97 Å². The van der Waals surface area contributed by atoms with Crippen LogP contribution >= 0.6 is 0 Å². The Morgan fingerprint density at radius 2 is 2.25 bits per heavy atom. The van der Waals surface area contributed by atoms with Gasteiger partial charge in [-0.2, -0.15) is 0 Å². The highest BCUT2D eigenvalue weighted by molar-refractivity contribution is 5.73. The van der Waals surface area contributed by atoms with E-state index in [1.54, 1.807) is 0 Å². The molecule has 1 atom stereocenters. The van der Waals surface area contributed by atoms with Crippen LogP contribution in [-0.2, 0) is 11.2 Å². The smallest absolute Gasteiger partial charge is 0.320 e. The van der Waals surface area contributed by atoms with Crippen molar-refractivity contribution in [2.24, 2.45) is 5.73 Å². The van der Waals surface area contributed by atoms with Gasteiger partial charge >= 0.3 is 5.97 Å². The fraction of sp³-hybridized carbons (Fsp3) is 0.300. The van der Waals surface area contributed by atoms with E-state index in [0.717, 1.165) is 6.07 Å². The second-order valence-electron chi connectivity index (χ2n) is 3.26. The van der Waals surface area contributed by atoms with Crippen molar-refractivity contribution in [1.82, 2.24) is 0 Å². The minimum Gasteiger partial charge on any atom is -0.504 e. The Bertz CT molecular complexity index is 408. The quantitative estimate of drug-likeness (QED) is 0.697. The Hall–Kier alpha value is -1.82. The standard InChI is InChI=1S/C10H12FNO4/c1-16-9-3-5(2-7(12)10(14)15)6(11)4-8(9)13/h3-4,7,13H,2,12H2,1H3,(H,14,15)/i11-1. The number of ether oxygens (including phenoxy) is 1. The zero-order valence-electron chi connectivity index (χ0n) is 8.61. The number of carboxylic acid groups (broad SMARTS) is 1. The van der Waals surface area contributed by atoms with Gasteiger partial charge in [0, 0.05) is 12.5 Å². The number of phenols is 1.